The zero-order valence-electron chi connectivity index (χ0n) is 8.97. The van der Waals surface area contributed by atoms with Gasteiger partial charge in [-0.2, -0.15) is 0 Å². The summed E-state index contributed by atoms with van der Waals surface area (Å²) in [6.45, 7) is 1.76. The predicted octanol–water partition coefficient (Wildman–Crippen LogP) is 3.65. The number of nitrogens with one attached hydrogen (secondary N) is 1. The average Bonchev–Trinajstić information content (AvgIpc) is 2.62. The molecule has 1 N–H and O–H groups in total. The standard InChI is InChI=1S/C10H12Br2ClNO2S/c11-8-6-7(9(12)17-8)10(15)14-3-1-4-16-5-2-13/h6H,1-5H2,(H,14,15). The van der Waals surface area contributed by atoms with Crippen LogP contribution in [-0.2, 0) is 4.74 Å². The van der Waals surface area contributed by atoms with Crippen LogP contribution in [0.15, 0.2) is 13.6 Å². The predicted molar refractivity (Wildman–Crippen MR) is 78.2 cm³/mol. The third-order valence-electron chi connectivity index (χ3n) is 1.87. The van der Waals surface area contributed by atoms with Gasteiger partial charge in [-0.1, -0.05) is 0 Å². The van der Waals surface area contributed by atoms with Crippen LogP contribution in [0.5, 0.6) is 0 Å². The quantitative estimate of drug-likeness (QED) is 0.556. The molecule has 0 unspecified atom stereocenters. The van der Waals surface area contributed by atoms with Gasteiger partial charge in [0.05, 0.1) is 19.7 Å². The van der Waals surface area contributed by atoms with Crippen LogP contribution < -0.4 is 5.32 Å². The SMILES string of the molecule is O=C(NCCCOCCCl)c1cc(Br)sc1Br. The van der Waals surface area contributed by atoms with E-state index >= 15 is 0 Å². The van der Waals surface area contributed by atoms with Crippen LogP contribution in [-0.4, -0.2) is 31.5 Å². The molecule has 0 fully saturated rings. The second-order valence-corrected chi connectivity index (χ2v) is 7.28. The molecule has 96 valence electrons. The van der Waals surface area contributed by atoms with Crippen molar-refractivity contribution in [1.82, 2.24) is 5.32 Å². The number of alkyl halides is 1. The van der Waals surface area contributed by atoms with Gasteiger partial charge in [0, 0.05) is 19.0 Å². The van der Waals surface area contributed by atoms with Gasteiger partial charge in [0.1, 0.15) is 0 Å². The number of hydrogen-bond acceptors (Lipinski definition) is 3. The summed E-state index contributed by atoms with van der Waals surface area (Å²) < 4.78 is 6.96. The van der Waals surface area contributed by atoms with Gasteiger partial charge in [0.2, 0.25) is 0 Å². The van der Waals surface area contributed by atoms with Crippen LogP contribution in [0.25, 0.3) is 0 Å². The minimum Gasteiger partial charge on any atom is -0.380 e. The molecule has 1 amide bonds. The van der Waals surface area contributed by atoms with Crippen molar-refractivity contribution in [2.24, 2.45) is 0 Å². The molecule has 17 heavy (non-hydrogen) atoms. The zero-order chi connectivity index (χ0) is 12.7. The third-order valence-corrected chi connectivity index (χ3v) is 4.37. The Morgan fingerprint density at radius 1 is 1.47 bits per heavy atom. The molecule has 1 rings (SSSR count). The van der Waals surface area contributed by atoms with Crippen LogP contribution in [0.4, 0.5) is 0 Å². The fourth-order valence-corrected chi connectivity index (χ4v) is 4.03. The molecule has 0 aliphatic heterocycles. The molecule has 0 spiro atoms. The van der Waals surface area contributed by atoms with Crippen LogP contribution in [0, 0.1) is 0 Å². The molecule has 0 bridgehead atoms. The fraction of sp³-hybridized carbons (Fsp3) is 0.500. The second-order valence-electron chi connectivity index (χ2n) is 3.15. The summed E-state index contributed by atoms with van der Waals surface area (Å²) in [6.07, 6.45) is 0.783. The van der Waals surface area contributed by atoms with Crippen LogP contribution in [0.3, 0.4) is 0 Å². The number of carbonyl (C=O) groups excluding carboxylic acids is 1. The lowest BCUT2D eigenvalue weighted by Gasteiger charge is -2.04. The number of hydrogen-bond donors (Lipinski definition) is 1. The van der Waals surface area contributed by atoms with E-state index < -0.39 is 0 Å². The monoisotopic (exact) mass is 403 g/mol. The summed E-state index contributed by atoms with van der Waals surface area (Å²) in [5.74, 6) is 0.429. The molecule has 0 radical (unpaired) electrons. The van der Waals surface area contributed by atoms with Gasteiger partial charge in [-0.25, -0.2) is 0 Å². The fourth-order valence-electron chi connectivity index (χ4n) is 1.12. The van der Waals surface area contributed by atoms with Gasteiger partial charge in [0.25, 0.3) is 5.91 Å². The highest BCUT2D eigenvalue weighted by Crippen LogP contribution is 2.31. The molecule has 7 heteroatoms. The Morgan fingerprint density at radius 2 is 2.24 bits per heavy atom. The van der Waals surface area contributed by atoms with Gasteiger partial charge < -0.3 is 10.1 Å². The summed E-state index contributed by atoms with van der Waals surface area (Å²) in [6, 6.07) is 1.80. The van der Waals surface area contributed by atoms with E-state index in [9.17, 15) is 4.79 Å². The molecule has 0 saturated carbocycles. The summed E-state index contributed by atoms with van der Waals surface area (Å²) in [5, 5.41) is 2.83. The smallest absolute Gasteiger partial charge is 0.253 e. The van der Waals surface area contributed by atoms with Gasteiger partial charge in [-0.3, -0.25) is 4.79 Å². The number of carbonyl (C=O) groups is 1. The summed E-state index contributed by atoms with van der Waals surface area (Å²) in [7, 11) is 0. The number of thiophene rings is 1. The first-order chi connectivity index (χ1) is 8.15. The number of ether oxygens (including phenoxy) is 1. The van der Waals surface area contributed by atoms with Gasteiger partial charge in [-0.05, 0) is 44.3 Å². The highest BCUT2D eigenvalue weighted by Gasteiger charge is 2.12. The summed E-state index contributed by atoms with van der Waals surface area (Å²) in [5.41, 5.74) is 0.656. The van der Waals surface area contributed by atoms with E-state index in [0.717, 1.165) is 14.0 Å². The normalized spacial score (nSPS) is 10.5. The second kappa shape index (κ2) is 8.48. The van der Waals surface area contributed by atoms with Crippen molar-refractivity contribution in [3.63, 3.8) is 0 Å². The molecule has 0 aromatic carbocycles. The van der Waals surface area contributed by atoms with E-state index in [-0.39, 0.29) is 5.91 Å². The topological polar surface area (TPSA) is 38.3 Å². The molecule has 1 aromatic heterocycles. The largest absolute Gasteiger partial charge is 0.380 e. The van der Waals surface area contributed by atoms with E-state index in [4.69, 9.17) is 16.3 Å². The lowest BCUT2D eigenvalue weighted by atomic mass is 10.3. The Bertz CT molecular complexity index is 373. The molecule has 3 nitrogen and oxygen atoms in total. The van der Waals surface area contributed by atoms with Crippen molar-refractivity contribution in [3.05, 3.63) is 19.2 Å². The number of amides is 1. The number of halogens is 3. The Balaban J connectivity index is 2.23. The van der Waals surface area contributed by atoms with Crippen molar-refractivity contribution < 1.29 is 9.53 Å². The Labute approximate surface area is 126 Å². The maximum atomic E-state index is 11.8. The molecule has 0 aliphatic carbocycles. The van der Waals surface area contributed by atoms with E-state index in [1.165, 1.54) is 11.3 Å². The molecule has 1 heterocycles. The minimum absolute atomic E-state index is 0.0730. The Morgan fingerprint density at radius 3 is 2.82 bits per heavy atom. The summed E-state index contributed by atoms with van der Waals surface area (Å²) in [4.78, 5) is 11.8. The van der Waals surface area contributed by atoms with Crippen molar-refractivity contribution in [1.29, 1.82) is 0 Å². The van der Waals surface area contributed by atoms with Gasteiger partial charge in [-0.15, -0.1) is 22.9 Å². The van der Waals surface area contributed by atoms with E-state index in [1.54, 1.807) is 6.07 Å². The molecule has 0 saturated heterocycles. The van der Waals surface area contributed by atoms with Crippen molar-refractivity contribution in [3.8, 4) is 0 Å². The maximum Gasteiger partial charge on any atom is 0.253 e. The molecule has 0 aliphatic rings. The van der Waals surface area contributed by atoms with Crippen LogP contribution in [0.2, 0.25) is 0 Å². The lowest BCUT2D eigenvalue weighted by molar-refractivity contribution is 0.0944. The minimum atomic E-state index is -0.0730. The van der Waals surface area contributed by atoms with E-state index in [2.05, 4.69) is 37.2 Å². The Hall–Kier alpha value is 0.380. The molecule has 0 atom stereocenters. The lowest BCUT2D eigenvalue weighted by Crippen LogP contribution is -2.25. The first-order valence-corrected chi connectivity index (χ1v) is 7.95. The molecule has 1 aromatic rings. The van der Waals surface area contributed by atoms with E-state index in [1.807, 2.05) is 0 Å². The van der Waals surface area contributed by atoms with Crippen LogP contribution in [0.1, 0.15) is 16.8 Å². The summed E-state index contributed by atoms with van der Waals surface area (Å²) >= 11 is 13.6. The average molecular weight is 406 g/mol. The highest BCUT2D eigenvalue weighted by molar-refractivity contribution is 9.12. The van der Waals surface area contributed by atoms with Gasteiger partial charge >= 0.3 is 0 Å². The van der Waals surface area contributed by atoms with Crippen LogP contribution >= 0.6 is 54.8 Å². The van der Waals surface area contributed by atoms with Crippen molar-refractivity contribution in [2.45, 2.75) is 6.42 Å². The third kappa shape index (κ3) is 5.70. The first kappa shape index (κ1) is 15.4. The number of rotatable bonds is 7. The zero-order valence-corrected chi connectivity index (χ0v) is 13.7. The maximum absolute atomic E-state index is 11.8. The Kier molecular flexibility index (Phi) is 7.70. The van der Waals surface area contributed by atoms with E-state index in [0.29, 0.717) is 31.2 Å². The first-order valence-electron chi connectivity index (χ1n) is 5.02. The highest BCUT2D eigenvalue weighted by atomic mass is 79.9. The van der Waals surface area contributed by atoms with Crippen molar-refractivity contribution in [2.75, 3.05) is 25.6 Å². The molecular formula is C10H12Br2ClNO2S. The van der Waals surface area contributed by atoms with Gasteiger partial charge in [0.15, 0.2) is 0 Å². The molecular weight excluding hydrogens is 393 g/mol. The van der Waals surface area contributed by atoms with Crippen molar-refractivity contribution >= 4 is 60.7 Å².